The van der Waals surface area contributed by atoms with Crippen LogP contribution in [0.1, 0.15) is 15.9 Å². The van der Waals surface area contributed by atoms with Gasteiger partial charge in [0, 0.05) is 24.4 Å². The molecule has 17 heavy (non-hydrogen) atoms. The van der Waals surface area contributed by atoms with Crippen molar-refractivity contribution in [3.8, 4) is 0 Å². The van der Waals surface area contributed by atoms with Crippen molar-refractivity contribution in [3.63, 3.8) is 0 Å². The van der Waals surface area contributed by atoms with E-state index in [2.05, 4.69) is 20.9 Å². The predicted molar refractivity (Wildman–Crippen MR) is 66.4 cm³/mol. The minimum atomic E-state index is -0.356. The minimum absolute atomic E-state index is 0.0568. The zero-order chi connectivity index (χ0) is 12.3. The number of carbonyl (C=O) groups excluding carboxylic acids is 1. The molecule has 86 valence electrons. The third kappa shape index (κ3) is 2.77. The lowest BCUT2D eigenvalue weighted by atomic mass is 10.0. The Morgan fingerprint density at radius 3 is 2.65 bits per heavy atom. The molecule has 0 fully saturated rings. The van der Waals surface area contributed by atoms with Crippen molar-refractivity contribution in [1.29, 1.82) is 0 Å². The van der Waals surface area contributed by atoms with Gasteiger partial charge in [-0.15, -0.1) is 0 Å². The Morgan fingerprint density at radius 2 is 1.94 bits per heavy atom. The van der Waals surface area contributed by atoms with Gasteiger partial charge >= 0.3 is 0 Å². The summed E-state index contributed by atoms with van der Waals surface area (Å²) in [4.78, 5) is 15.8. The van der Waals surface area contributed by atoms with Crippen LogP contribution in [0.15, 0.2) is 47.2 Å². The van der Waals surface area contributed by atoms with Crippen LogP contribution in [-0.2, 0) is 6.42 Å². The molecule has 0 saturated heterocycles. The van der Waals surface area contributed by atoms with E-state index in [1.807, 2.05) is 0 Å². The lowest BCUT2D eigenvalue weighted by Gasteiger charge is -2.04. The molecule has 2 aromatic rings. The highest BCUT2D eigenvalue weighted by Gasteiger charge is 2.11. The normalized spacial score (nSPS) is 10.2. The Hall–Kier alpha value is -1.55. The maximum absolute atomic E-state index is 13.3. The molecule has 0 aliphatic heterocycles. The van der Waals surface area contributed by atoms with Gasteiger partial charge in [-0.2, -0.15) is 0 Å². The van der Waals surface area contributed by atoms with Gasteiger partial charge in [-0.3, -0.25) is 9.78 Å². The molecule has 2 rings (SSSR count). The lowest BCUT2D eigenvalue weighted by Crippen LogP contribution is -2.04. The SMILES string of the molecule is O=C(Cc1cccc(F)c1Br)c1ccncc1. The van der Waals surface area contributed by atoms with Crippen molar-refractivity contribution in [2.75, 3.05) is 0 Å². The molecule has 0 amide bonds. The molecule has 0 spiro atoms. The molecular weight excluding hydrogens is 285 g/mol. The standard InChI is InChI=1S/C13H9BrFNO/c14-13-10(2-1-3-11(13)15)8-12(17)9-4-6-16-7-5-9/h1-7H,8H2. The third-order valence-electron chi connectivity index (χ3n) is 2.38. The van der Waals surface area contributed by atoms with Crippen LogP contribution in [0.5, 0.6) is 0 Å². The molecule has 0 atom stereocenters. The number of carbonyl (C=O) groups is 1. The van der Waals surface area contributed by atoms with Gasteiger partial charge in [-0.1, -0.05) is 12.1 Å². The van der Waals surface area contributed by atoms with Gasteiger partial charge < -0.3 is 0 Å². The van der Waals surface area contributed by atoms with E-state index >= 15 is 0 Å². The van der Waals surface area contributed by atoms with Crippen LogP contribution in [-0.4, -0.2) is 10.8 Å². The molecule has 0 bridgehead atoms. The smallest absolute Gasteiger partial charge is 0.167 e. The first-order valence-electron chi connectivity index (χ1n) is 5.04. The predicted octanol–water partition coefficient (Wildman–Crippen LogP) is 3.41. The van der Waals surface area contributed by atoms with Crippen molar-refractivity contribution >= 4 is 21.7 Å². The molecule has 0 N–H and O–H groups in total. The number of hydrogen-bond acceptors (Lipinski definition) is 2. The average molecular weight is 294 g/mol. The first-order chi connectivity index (χ1) is 8.18. The summed E-state index contributed by atoms with van der Waals surface area (Å²) in [6.45, 7) is 0. The van der Waals surface area contributed by atoms with Gasteiger partial charge in [0.25, 0.3) is 0 Å². The van der Waals surface area contributed by atoms with Crippen molar-refractivity contribution in [2.24, 2.45) is 0 Å². The van der Waals surface area contributed by atoms with Gasteiger partial charge in [0.2, 0.25) is 0 Å². The van der Waals surface area contributed by atoms with E-state index in [4.69, 9.17) is 0 Å². The summed E-state index contributed by atoms with van der Waals surface area (Å²) in [6.07, 6.45) is 3.30. The third-order valence-corrected chi connectivity index (χ3v) is 3.27. The van der Waals surface area contributed by atoms with Crippen LogP contribution in [0.25, 0.3) is 0 Å². The van der Waals surface area contributed by atoms with Crippen LogP contribution in [0.4, 0.5) is 4.39 Å². The highest BCUT2D eigenvalue weighted by atomic mass is 79.9. The van der Waals surface area contributed by atoms with Gasteiger partial charge in [-0.05, 0) is 39.7 Å². The summed E-state index contributed by atoms with van der Waals surface area (Å²) in [5, 5.41) is 0. The number of halogens is 2. The topological polar surface area (TPSA) is 30.0 Å². The highest BCUT2D eigenvalue weighted by Crippen LogP contribution is 2.21. The first kappa shape index (κ1) is 11.9. The fourth-order valence-electron chi connectivity index (χ4n) is 1.50. The Morgan fingerprint density at radius 1 is 1.24 bits per heavy atom. The number of pyridine rings is 1. The second kappa shape index (κ2) is 5.19. The van der Waals surface area contributed by atoms with Crippen LogP contribution in [0, 0.1) is 5.82 Å². The lowest BCUT2D eigenvalue weighted by molar-refractivity contribution is 0.0992. The number of ketones is 1. The zero-order valence-corrected chi connectivity index (χ0v) is 10.4. The Kier molecular flexibility index (Phi) is 3.64. The van der Waals surface area contributed by atoms with Crippen LogP contribution >= 0.6 is 15.9 Å². The second-order valence-corrected chi connectivity index (χ2v) is 4.34. The average Bonchev–Trinajstić information content (AvgIpc) is 2.36. The van der Waals surface area contributed by atoms with E-state index in [0.717, 1.165) is 0 Å². The number of aromatic nitrogens is 1. The van der Waals surface area contributed by atoms with Gasteiger partial charge in [0.1, 0.15) is 5.82 Å². The maximum atomic E-state index is 13.3. The fourth-order valence-corrected chi connectivity index (χ4v) is 1.90. The molecule has 1 aromatic heterocycles. The van der Waals surface area contributed by atoms with Crippen molar-refractivity contribution in [2.45, 2.75) is 6.42 Å². The Balaban J connectivity index is 2.22. The largest absolute Gasteiger partial charge is 0.294 e. The van der Waals surface area contributed by atoms with Crippen LogP contribution < -0.4 is 0 Å². The molecule has 0 unspecified atom stereocenters. The first-order valence-corrected chi connectivity index (χ1v) is 5.84. The summed E-state index contributed by atoms with van der Waals surface area (Å²) in [6, 6.07) is 7.97. The fraction of sp³-hybridized carbons (Fsp3) is 0.0769. The van der Waals surface area contributed by atoms with Gasteiger partial charge in [-0.25, -0.2) is 4.39 Å². The van der Waals surface area contributed by atoms with Crippen LogP contribution in [0.3, 0.4) is 0 Å². The van der Waals surface area contributed by atoms with Crippen molar-refractivity contribution in [1.82, 2.24) is 4.98 Å². The van der Waals surface area contributed by atoms with Gasteiger partial charge in [0.15, 0.2) is 5.78 Å². The molecule has 2 nitrogen and oxygen atoms in total. The number of Topliss-reactive ketones (excluding diaryl/α,β-unsaturated/α-hetero) is 1. The number of rotatable bonds is 3. The number of hydrogen-bond donors (Lipinski definition) is 0. The monoisotopic (exact) mass is 293 g/mol. The maximum Gasteiger partial charge on any atom is 0.167 e. The minimum Gasteiger partial charge on any atom is -0.294 e. The Bertz CT molecular complexity index is 542. The van der Waals surface area contributed by atoms with E-state index in [1.54, 1.807) is 36.7 Å². The molecule has 4 heteroatoms. The summed E-state index contributed by atoms with van der Waals surface area (Å²) in [5.74, 6) is -0.413. The van der Waals surface area contributed by atoms with Gasteiger partial charge in [0.05, 0.1) is 4.47 Å². The summed E-state index contributed by atoms with van der Waals surface area (Å²) in [5.41, 5.74) is 1.22. The number of nitrogens with zero attached hydrogens (tertiary/aromatic N) is 1. The molecular formula is C13H9BrFNO. The van der Waals surface area contributed by atoms with E-state index in [-0.39, 0.29) is 18.0 Å². The highest BCUT2D eigenvalue weighted by molar-refractivity contribution is 9.10. The summed E-state index contributed by atoms with van der Waals surface area (Å²) < 4.78 is 13.6. The Labute approximate surface area is 107 Å². The van der Waals surface area contributed by atoms with E-state index in [0.29, 0.717) is 15.6 Å². The van der Waals surface area contributed by atoms with Crippen molar-refractivity contribution in [3.05, 3.63) is 64.1 Å². The molecule has 0 aliphatic rings. The van der Waals surface area contributed by atoms with Crippen LogP contribution in [0.2, 0.25) is 0 Å². The number of benzene rings is 1. The summed E-state index contributed by atoms with van der Waals surface area (Å²) in [7, 11) is 0. The molecule has 1 heterocycles. The molecule has 0 aliphatic carbocycles. The van der Waals surface area contributed by atoms with E-state index < -0.39 is 0 Å². The van der Waals surface area contributed by atoms with E-state index in [1.165, 1.54) is 6.07 Å². The quantitative estimate of drug-likeness (QED) is 0.812. The van der Waals surface area contributed by atoms with Crippen molar-refractivity contribution < 1.29 is 9.18 Å². The van der Waals surface area contributed by atoms with E-state index in [9.17, 15) is 9.18 Å². The molecule has 1 aromatic carbocycles. The second-order valence-electron chi connectivity index (χ2n) is 3.55. The molecule has 0 radical (unpaired) electrons. The summed E-state index contributed by atoms with van der Waals surface area (Å²) >= 11 is 3.14. The molecule has 0 saturated carbocycles. The zero-order valence-electron chi connectivity index (χ0n) is 8.86.